The molecule has 0 radical (unpaired) electrons. The predicted octanol–water partition coefficient (Wildman–Crippen LogP) is 2.12. The SMILES string of the molecule is [N-]=[N+]=N[C@H]1CN(C(=O)[C@@H](NC(=O)c2ccc(N3CCN(C4CC4)CC3)cc2)C2CCCC2)[C@@H]2C(=O)CO[C@H]12. The van der Waals surface area contributed by atoms with Crippen molar-refractivity contribution >= 4 is 23.3 Å². The van der Waals surface area contributed by atoms with Crippen molar-refractivity contribution in [3.8, 4) is 0 Å². The molecule has 0 aromatic heterocycles. The molecule has 0 bridgehead atoms. The van der Waals surface area contributed by atoms with Gasteiger partial charge in [0.1, 0.15) is 18.7 Å². The summed E-state index contributed by atoms with van der Waals surface area (Å²) in [5.74, 6) is -0.775. The Morgan fingerprint density at radius 2 is 1.76 bits per heavy atom. The molecule has 11 heteroatoms. The van der Waals surface area contributed by atoms with Crippen LogP contribution in [0.5, 0.6) is 0 Å². The Labute approximate surface area is 222 Å². The van der Waals surface area contributed by atoms with Gasteiger partial charge < -0.3 is 19.9 Å². The molecule has 1 aromatic carbocycles. The number of anilines is 1. The van der Waals surface area contributed by atoms with Gasteiger partial charge in [-0.3, -0.25) is 19.3 Å². The van der Waals surface area contributed by atoms with Crippen LogP contribution in [0.1, 0.15) is 48.9 Å². The molecule has 1 N–H and O–H groups in total. The van der Waals surface area contributed by atoms with E-state index in [9.17, 15) is 14.4 Å². The number of azide groups is 1. The molecule has 0 spiro atoms. The number of fused-ring (bicyclic) bond motifs is 1. The molecule has 3 saturated heterocycles. The van der Waals surface area contributed by atoms with Gasteiger partial charge >= 0.3 is 0 Å². The Morgan fingerprint density at radius 1 is 1.05 bits per heavy atom. The van der Waals surface area contributed by atoms with Crippen molar-refractivity contribution in [2.24, 2.45) is 11.0 Å². The van der Waals surface area contributed by atoms with Gasteiger partial charge in [-0.15, -0.1) is 0 Å². The Bertz CT molecular complexity index is 1120. The minimum Gasteiger partial charge on any atom is -0.369 e. The van der Waals surface area contributed by atoms with Crippen LogP contribution in [0.25, 0.3) is 10.4 Å². The van der Waals surface area contributed by atoms with Crippen LogP contribution in [0.3, 0.4) is 0 Å². The number of ether oxygens (including phenoxy) is 1. The van der Waals surface area contributed by atoms with Crippen LogP contribution < -0.4 is 10.2 Å². The summed E-state index contributed by atoms with van der Waals surface area (Å²) in [7, 11) is 0. The van der Waals surface area contributed by atoms with E-state index in [2.05, 4.69) is 25.1 Å². The summed E-state index contributed by atoms with van der Waals surface area (Å²) in [5, 5.41) is 6.79. The monoisotopic (exact) mass is 521 g/mol. The number of nitrogens with zero attached hydrogens (tertiary/aromatic N) is 6. The van der Waals surface area contributed by atoms with Gasteiger partial charge in [-0.25, -0.2) is 0 Å². The molecular formula is C27H35N7O4. The highest BCUT2D eigenvalue weighted by Gasteiger charge is 2.53. The van der Waals surface area contributed by atoms with E-state index in [-0.39, 0.29) is 36.7 Å². The fraction of sp³-hybridized carbons (Fsp3) is 0.667. The number of carbonyl (C=O) groups is 3. The maximum atomic E-state index is 13.8. The number of Topliss-reactive ketones (excluding diaryl/α,β-unsaturated/α-hetero) is 1. The first-order valence-electron chi connectivity index (χ1n) is 13.9. The van der Waals surface area contributed by atoms with Crippen LogP contribution in [0.4, 0.5) is 5.69 Å². The van der Waals surface area contributed by atoms with E-state index in [1.807, 2.05) is 24.3 Å². The Kier molecular flexibility index (Phi) is 6.99. The lowest BCUT2D eigenvalue weighted by molar-refractivity contribution is -0.139. The summed E-state index contributed by atoms with van der Waals surface area (Å²) in [5.41, 5.74) is 10.6. The predicted molar refractivity (Wildman–Crippen MR) is 140 cm³/mol. The van der Waals surface area contributed by atoms with Crippen LogP contribution >= 0.6 is 0 Å². The summed E-state index contributed by atoms with van der Waals surface area (Å²) < 4.78 is 5.57. The maximum Gasteiger partial charge on any atom is 0.251 e. The number of hydrogen-bond acceptors (Lipinski definition) is 7. The van der Waals surface area contributed by atoms with Gasteiger partial charge in [0.15, 0.2) is 5.78 Å². The first kappa shape index (κ1) is 25.2. The van der Waals surface area contributed by atoms with E-state index in [1.54, 1.807) is 0 Å². The Hall–Kier alpha value is -3.14. The molecule has 2 saturated carbocycles. The molecule has 5 fully saturated rings. The number of rotatable bonds is 7. The van der Waals surface area contributed by atoms with Gasteiger partial charge in [-0.05, 0) is 61.4 Å². The van der Waals surface area contributed by atoms with Gasteiger partial charge in [0.25, 0.3) is 5.91 Å². The van der Waals surface area contributed by atoms with Crippen LogP contribution in [0, 0.1) is 5.92 Å². The highest BCUT2D eigenvalue weighted by Crippen LogP contribution is 2.34. The molecule has 38 heavy (non-hydrogen) atoms. The van der Waals surface area contributed by atoms with Crippen molar-refractivity contribution < 1.29 is 19.1 Å². The number of nitrogens with one attached hydrogen (secondary N) is 1. The van der Waals surface area contributed by atoms with E-state index in [1.165, 1.54) is 17.7 Å². The third-order valence-electron chi connectivity index (χ3n) is 8.94. The number of amides is 2. The van der Waals surface area contributed by atoms with E-state index >= 15 is 0 Å². The van der Waals surface area contributed by atoms with E-state index < -0.39 is 24.2 Å². The molecule has 202 valence electrons. The number of carbonyl (C=O) groups excluding carboxylic acids is 3. The number of piperazine rings is 1. The molecule has 5 aliphatic rings. The summed E-state index contributed by atoms with van der Waals surface area (Å²) in [4.78, 5) is 49.0. The number of benzene rings is 1. The molecule has 3 heterocycles. The lowest BCUT2D eigenvalue weighted by Crippen LogP contribution is -2.54. The minimum atomic E-state index is -0.765. The van der Waals surface area contributed by atoms with Crippen LogP contribution in [0.15, 0.2) is 29.4 Å². The fourth-order valence-electron chi connectivity index (χ4n) is 6.71. The fourth-order valence-corrected chi connectivity index (χ4v) is 6.71. The molecule has 11 nitrogen and oxygen atoms in total. The Balaban J connectivity index is 1.14. The molecule has 2 aliphatic carbocycles. The zero-order valence-electron chi connectivity index (χ0n) is 21.6. The normalized spacial score (nSPS) is 28.7. The minimum absolute atomic E-state index is 0.00266. The second-order valence-electron chi connectivity index (χ2n) is 11.2. The quantitative estimate of drug-likeness (QED) is 0.332. The first-order chi connectivity index (χ1) is 18.5. The van der Waals surface area contributed by atoms with Crippen LogP contribution in [-0.2, 0) is 14.3 Å². The van der Waals surface area contributed by atoms with Crippen molar-refractivity contribution in [2.75, 3.05) is 44.2 Å². The van der Waals surface area contributed by atoms with Gasteiger partial charge in [0.05, 0.1) is 12.1 Å². The largest absolute Gasteiger partial charge is 0.369 e. The standard InChI is InChI=1S/C27H35N7O4/c28-31-30-21-15-34(24-22(35)16-38-25(21)24)27(37)23(17-3-1-2-4-17)29-26(36)18-5-7-19(8-6-18)32-11-13-33(14-12-32)20-9-10-20/h5-8,17,20-21,23-25H,1-4,9-16H2,(H,29,36)/t21-,23-,24+,25+/m0/s1. The number of hydrogen-bond donors (Lipinski definition) is 1. The second kappa shape index (κ2) is 10.6. The molecule has 2 amide bonds. The highest BCUT2D eigenvalue weighted by molar-refractivity contribution is 5.99. The van der Waals surface area contributed by atoms with Crippen LogP contribution in [-0.4, -0.2) is 97.0 Å². The first-order valence-corrected chi connectivity index (χ1v) is 13.9. The molecule has 4 atom stereocenters. The third-order valence-corrected chi connectivity index (χ3v) is 8.94. The van der Waals surface area contributed by atoms with Crippen molar-refractivity contribution in [3.05, 3.63) is 40.3 Å². The van der Waals surface area contributed by atoms with Gasteiger partial charge in [-0.1, -0.05) is 18.0 Å². The van der Waals surface area contributed by atoms with Gasteiger partial charge in [0.2, 0.25) is 5.91 Å². The highest BCUT2D eigenvalue weighted by atomic mass is 16.5. The molecule has 3 aliphatic heterocycles. The lowest BCUT2D eigenvalue weighted by Gasteiger charge is -2.36. The van der Waals surface area contributed by atoms with Gasteiger partial charge in [-0.2, -0.15) is 0 Å². The number of ketones is 1. The number of likely N-dealkylation sites (tertiary alicyclic amines) is 1. The molecule has 6 rings (SSSR count). The summed E-state index contributed by atoms with van der Waals surface area (Å²) in [6.45, 7) is 4.13. The maximum absolute atomic E-state index is 13.8. The average Bonchev–Trinajstić information content (AvgIpc) is 3.33. The molecule has 0 unspecified atom stereocenters. The third kappa shape index (κ3) is 4.86. The summed E-state index contributed by atoms with van der Waals surface area (Å²) >= 11 is 0. The van der Waals surface area contributed by atoms with Crippen molar-refractivity contribution in [3.63, 3.8) is 0 Å². The van der Waals surface area contributed by atoms with E-state index in [0.29, 0.717) is 5.56 Å². The summed E-state index contributed by atoms with van der Waals surface area (Å²) in [6.07, 6.45) is 5.71. The van der Waals surface area contributed by atoms with Crippen LogP contribution in [0.2, 0.25) is 0 Å². The molecule has 1 aromatic rings. The Morgan fingerprint density at radius 3 is 2.42 bits per heavy atom. The average molecular weight is 522 g/mol. The smallest absolute Gasteiger partial charge is 0.251 e. The zero-order valence-corrected chi connectivity index (χ0v) is 21.6. The van der Waals surface area contributed by atoms with Gasteiger partial charge in [0, 0.05) is 54.9 Å². The summed E-state index contributed by atoms with van der Waals surface area (Å²) in [6, 6.07) is 6.29. The van der Waals surface area contributed by atoms with E-state index in [0.717, 1.165) is 63.6 Å². The van der Waals surface area contributed by atoms with Crippen molar-refractivity contribution in [1.82, 2.24) is 15.1 Å². The van der Waals surface area contributed by atoms with E-state index in [4.69, 9.17) is 10.3 Å². The molecular weight excluding hydrogens is 486 g/mol. The lowest BCUT2D eigenvalue weighted by atomic mass is 9.95. The topological polar surface area (TPSA) is 131 Å². The van der Waals surface area contributed by atoms with Crippen molar-refractivity contribution in [1.29, 1.82) is 0 Å². The zero-order chi connectivity index (χ0) is 26.2. The second-order valence-corrected chi connectivity index (χ2v) is 11.2. The van der Waals surface area contributed by atoms with Crippen molar-refractivity contribution in [2.45, 2.75) is 68.8 Å².